The summed E-state index contributed by atoms with van der Waals surface area (Å²) < 4.78 is 0. The molecule has 4 heteroatoms. The van der Waals surface area contributed by atoms with E-state index in [-0.39, 0.29) is 5.91 Å². The van der Waals surface area contributed by atoms with E-state index in [4.69, 9.17) is 0 Å². The molecular weight excluding hydrogens is 238 g/mol. The number of nitrogens with zero attached hydrogens (tertiary/aromatic N) is 2. The van der Waals surface area contributed by atoms with E-state index in [0.29, 0.717) is 12.0 Å². The van der Waals surface area contributed by atoms with Crippen molar-refractivity contribution in [2.24, 2.45) is 5.92 Å². The summed E-state index contributed by atoms with van der Waals surface area (Å²) in [5.41, 5.74) is 0. The molecule has 1 amide bonds. The summed E-state index contributed by atoms with van der Waals surface area (Å²) in [5, 5.41) is 3.00. The highest BCUT2D eigenvalue weighted by Crippen LogP contribution is 2.27. The van der Waals surface area contributed by atoms with Crippen LogP contribution in [0.15, 0.2) is 0 Å². The van der Waals surface area contributed by atoms with Crippen LogP contribution in [0.3, 0.4) is 0 Å². The lowest BCUT2D eigenvalue weighted by Gasteiger charge is -2.39. The minimum absolute atomic E-state index is 0.249. The van der Waals surface area contributed by atoms with Gasteiger partial charge in [-0.3, -0.25) is 9.69 Å². The maximum Gasteiger partial charge on any atom is 0.220 e. The highest BCUT2D eigenvalue weighted by molar-refractivity contribution is 5.78. The fraction of sp³-hybridized carbons (Fsp3) is 0.933. The van der Waals surface area contributed by atoms with E-state index >= 15 is 0 Å². The summed E-state index contributed by atoms with van der Waals surface area (Å²) in [6, 6.07) is 0.628. The normalized spacial score (nSPS) is 28.9. The monoisotopic (exact) mass is 267 g/mol. The van der Waals surface area contributed by atoms with Gasteiger partial charge in [0.05, 0.1) is 0 Å². The Morgan fingerprint density at radius 2 is 2.11 bits per heavy atom. The molecule has 0 radical (unpaired) electrons. The molecule has 0 aliphatic carbocycles. The minimum atomic E-state index is 0.249. The van der Waals surface area contributed by atoms with E-state index in [2.05, 4.69) is 29.0 Å². The van der Waals surface area contributed by atoms with Crippen LogP contribution in [0.4, 0.5) is 0 Å². The maximum absolute atomic E-state index is 11.4. The third kappa shape index (κ3) is 3.93. The standard InChI is InChI=1S/C15H29N3O/c1-3-17(4-2)9-10-18-8-6-5-7-14(18)13-11-15(19)16-12-13/h13-14H,3-12H2,1-2H3,(H,16,19)/t13-,14+/m1/s1. The average molecular weight is 267 g/mol. The van der Waals surface area contributed by atoms with Crippen molar-refractivity contribution < 1.29 is 4.79 Å². The SMILES string of the molecule is CCN(CC)CCN1CCCC[C@H]1[C@H]1CNC(=O)C1. The number of amides is 1. The van der Waals surface area contributed by atoms with Crippen molar-refractivity contribution in [3.63, 3.8) is 0 Å². The van der Waals surface area contributed by atoms with Gasteiger partial charge in [0.25, 0.3) is 0 Å². The predicted octanol–water partition coefficient (Wildman–Crippen LogP) is 1.32. The molecule has 2 fully saturated rings. The Labute approximate surface area is 117 Å². The molecule has 2 aliphatic rings. The molecule has 2 aliphatic heterocycles. The highest BCUT2D eigenvalue weighted by atomic mass is 16.1. The van der Waals surface area contributed by atoms with E-state index < -0.39 is 0 Å². The van der Waals surface area contributed by atoms with Crippen molar-refractivity contribution in [1.82, 2.24) is 15.1 Å². The molecule has 0 aromatic rings. The predicted molar refractivity (Wildman–Crippen MR) is 78.1 cm³/mol. The van der Waals surface area contributed by atoms with Gasteiger partial charge in [0.2, 0.25) is 5.91 Å². The van der Waals surface area contributed by atoms with Gasteiger partial charge in [0, 0.05) is 38.0 Å². The third-order valence-corrected chi connectivity index (χ3v) is 4.82. The molecule has 2 atom stereocenters. The molecule has 0 aromatic heterocycles. The van der Waals surface area contributed by atoms with E-state index in [1.54, 1.807) is 0 Å². The maximum atomic E-state index is 11.4. The highest BCUT2D eigenvalue weighted by Gasteiger charge is 2.34. The first-order valence-electron chi connectivity index (χ1n) is 7.97. The lowest BCUT2D eigenvalue weighted by atomic mass is 9.89. The zero-order chi connectivity index (χ0) is 13.7. The third-order valence-electron chi connectivity index (χ3n) is 4.82. The van der Waals surface area contributed by atoms with Crippen LogP contribution >= 0.6 is 0 Å². The molecule has 1 N–H and O–H groups in total. The Hall–Kier alpha value is -0.610. The number of rotatable bonds is 6. The van der Waals surface area contributed by atoms with Gasteiger partial charge in [0.1, 0.15) is 0 Å². The molecule has 2 heterocycles. The first-order chi connectivity index (χ1) is 9.24. The zero-order valence-corrected chi connectivity index (χ0v) is 12.5. The van der Waals surface area contributed by atoms with E-state index in [1.807, 2.05) is 0 Å². The van der Waals surface area contributed by atoms with Gasteiger partial charge < -0.3 is 10.2 Å². The number of hydrogen-bond acceptors (Lipinski definition) is 3. The zero-order valence-electron chi connectivity index (χ0n) is 12.5. The van der Waals surface area contributed by atoms with Crippen molar-refractivity contribution >= 4 is 5.91 Å². The number of likely N-dealkylation sites (N-methyl/N-ethyl adjacent to an activating group) is 1. The molecular formula is C15H29N3O. The van der Waals surface area contributed by atoms with E-state index in [9.17, 15) is 4.79 Å². The molecule has 0 saturated carbocycles. The number of hydrogen-bond donors (Lipinski definition) is 1. The molecule has 0 spiro atoms. The molecule has 4 nitrogen and oxygen atoms in total. The van der Waals surface area contributed by atoms with Gasteiger partial charge >= 0.3 is 0 Å². The molecule has 19 heavy (non-hydrogen) atoms. The number of carbonyl (C=O) groups is 1. The van der Waals surface area contributed by atoms with Gasteiger partial charge in [-0.1, -0.05) is 20.3 Å². The number of carbonyl (C=O) groups excluding carboxylic acids is 1. The molecule has 0 bridgehead atoms. The Morgan fingerprint density at radius 1 is 1.32 bits per heavy atom. The Morgan fingerprint density at radius 3 is 2.74 bits per heavy atom. The quantitative estimate of drug-likeness (QED) is 0.788. The number of piperidine rings is 1. The van der Waals surface area contributed by atoms with E-state index in [1.165, 1.54) is 25.8 Å². The van der Waals surface area contributed by atoms with Gasteiger partial charge in [-0.2, -0.15) is 0 Å². The van der Waals surface area contributed by atoms with Crippen LogP contribution < -0.4 is 5.32 Å². The van der Waals surface area contributed by atoms with Gasteiger partial charge in [-0.15, -0.1) is 0 Å². The van der Waals surface area contributed by atoms with Crippen LogP contribution in [0.2, 0.25) is 0 Å². The van der Waals surface area contributed by atoms with Crippen molar-refractivity contribution in [2.45, 2.75) is 45.6 Å². The smallest absolute Gasteiger partial charge is 0.220 e. The van der Waals surface area contributed by atoms with Crippen LogP contribution in [0, 0.1) is 5.92 Å². The van der Waals surface area contributed by atoms with Crippen molar-refractivity contribution in [3.8, 4) is 0 Å². The second-order valence-corrected chi connectivity index (χ2v) is 5.89. The summed E-state index contributed by atoms with van der Waals surface area (Å²) >= 11 is 0. The van der Waals surface area contributed by atoms with Gasteiger partial charge in [-0.05, 0) is 32.5 Å². The topological polar surface area (TPSA) is 35.6 Å². The Kier molecular flexibility index (Phi) is 5.64. The summed E-state index contributed by atoms with van der Waals surface area (Å²) in [6.45, 7) is 11.2. The summed E-state index contributed by atoms with van der Waals surface area (Å²) in [7, 11) is 0. The van der Waals surface area contributed by atoms with Crippen LogP contribution in [0.1, 0.15) is 39.5 Å². The van der Waals surface area contributed by atoms with E-state index in [0.717, 1.165) is 39.1 Å². The number of nitrogens with one attached hydrogen (secondary N) is 1. The summed E-state index contributed by atoms with van der Waals surface area (Å²) in [4.78, 5) is 16.6. The lowest BCUT2D eigenvalue weighted by Crippen LogP contribution is -2.47. The van der Waals surface area contributed by atoms with Crippen LogP contribution in [0.25, 0.3) is 0 Å². The first kappa shape index (κ1) is 14.8. The summed E-state index contributed by atoms with van der Waals surface area (Å²) in [5.74, 6) is 0.795. The molecule has 2 rings (SSSR count). The van der Waals surface area contributed by atoms with Crippen LogP contribution in [-0.2, 0) is 4.79 Å². The van der Waals surface area contributed by atoms with Gasteiger partial charge in [0.15, 0.2) is 0 Å². The largest absolute Gasteiger partial charge is 0.356 e. The molecule has 0 unspecified atom stereocenters. The second-order valence-electron chi connectivity index (χ2n) is 5.89. The van der Waals surface area contributed by atoms with Crippen LogP contribution in [-0.4, -0.2) is 61.0 Å². The second kappa shape index (κ2) is 7.25. The van der Waals surface area contributed by atoms with Crippen molar-refractivity contribution in [1.29, 1.82) is 0 Å². The first-order valence-corrected chi connectivity index (χ1v) is 7.97. The van der Waals surface area contributed by atoms with Gasteiger partial charge in [-0.25, -0.2) is 0 Å². The van der Waals surface area contributed by atoms with Crippen molar-refractivity contribution in [3.05, 3.63) is 0 Å². The molecule has 110 valence electrons. The fourth-order valence-corrected chi connectivity index (χ4v) is 3.54. The lowest BCUT2D eigenvalue weighted by molar-refractivity contribution is -0.119. The minimum Gasteiger partial charge on any atom is -0.356 e. The van der Waals surface area contributed by atoms with Crippen molar-refractivity contribution in [2.75, 3.05) is 39.3 Å². The Bertz CT molecular complexity index is 291. The molecule has 0 aromatic carbocycles. The molecule has 2 saturated heterocycles. The fourth-order valence-electron chi connectivity index (χ4n) is 3.54. The van der Waals surface area contributed by atoms with Crippen LogP contribution in [0.5, 0.6) is 0 Å². The Balaban J connectivity index is 1.86. The summed E-state index contributed by atoms with van der Waals surface area (Å²) in [6.07, 6.45) is 4.67. The number of likely N-dealkylation sites (tertiary alicyclic amines) is 1. The average Bonchev–Trinajstić information content (AvgIpc) is 2.87.